The lowest BCUT2D eigenvalue weighted by Crippen LogP contribution is -2.50. The van der Waals surface area contributed by atoms with Crippen molar-refractivity contribution in [1.29, 1.82) is 0 Å². The summed E-state index contributed by atoms with van der Waals surface area (Å²) < 4.78 is 0. The van der Waals surface area contributed by atoms with Crippen LogP contribution in [0.25, 0.3) is 0 Å². The molecule has 2 N–H and O–H groups in total. The second-order valence-electron chi connectivity index (χ2n) is 5.36. The van der Waals surface area contributed by atoms with Crippen LogP contribution in [0.15, 0.2) is 5.38 Å². The van der Waals surface area contributed by atoms with Crippen molar-refractivity contribution in [2.24, 2.45) is 5.92 Å². The molecule has 0 aliphatic heterocycles. The van der Waals surface area contributed by atoms with Crippen LogP contribution in [-0.2, 0) is 6.54 Å². The van der Waals surface area contributed by atoms with Crippen LogP contribution in [0.1, 0.15) is 43.3 Å². The van der Waals surface area contributed by atoms with Gasteiger partial charge in [0.25, 0.3) is 0 Å². The van der Waals surface area contributed by atoms with Crippen molar-refractivity contribution < 1.29 is 5.11 Å². The Bertz CT molecular complexity index is 356. The van der Waals surface area contributed by atoms with Gasteiger partial charge >= 0.3 is 0 Å². The number of thiazole rings is 1. The monoisotopic (exact) mass is 254 g/mol. The number of nitrogens with one attached hydrogen (secondary N) is 1. The van der Waals surface area contributed by atoms with Gasteiger partial charge in [-0.2, -0.15) is 0 Å². The Kier molecular flexibility index (Phi) is 4.17. The third kappa shape index (κ3) is 3.27. The smallest absolute Gasteiger partial charge is 0.107 e. The van der Waals surface area contributed by atoms with Crippen molar-refractivity contribution in [1.82, 2.24) is 10.3 Å². The first-order chi connectivity index (χ1) is 8.13. The topological polar surface area (TPSA) is 45.1 Å². The van der Waals surface area contributed by atoms with Gasteiger partial charge < -0.3 is 10.4 Å². The Morgan fingerprint density at radius 3 is 2.76 bits per heavy atom. The maximum Gasteiger partial charge on any atom is 0.107 e. The van der Waals surface area contributed by atoms with Crippen molar-refractivity contribution in [2.45, 2.75) is 51.6 Å². The molecule has 0 atom stereocenters. The Labute approximate surface area is 107 Å². The molecule has 1 fully saturated rings. The average Bonchev–Trinajstić information content (AvgIpc) is 2.75. The first-order valence-corrected chi connectivity index (χ1v) is 7.28. The summed E-state index contributed by atoms with van der Waals surface area (Å²) in [4.78, 5) is 4.45. The van der Waals surface area contributed by atoms with E-state index in [1.165, 1.54) is 12.8 Å². The van der Waals surface area contributed by atoms with Gasteiger partial charge in [0.2, 0.25) is 0 Å². The van der Waals surface area contributed by atoms with Gasteiger partial charge in [0, 0.05) is 23.2 Å². The molecule has 0 aromatic carbocycles. The zero-order valence-corrected chi connectivity index (χ0v) is 11.5. The molecule has 0 unspecified atom stereocenters. The molecule has 0 amide bonds. The van der Waals surface area contributed by atoms with Gasteiger partial charge in [-0.15, -0.1) is 11.3 Å². The largest absolute Gasteiger partial charge is 0.394 e. The summed E-state index contributed by atoms with van der Waals surface area (Å²) in [5.41, 5.74) is 1.02. The van der Waals surface area contributed by atoms with Crippen LogP contribution in [0.5, 0.6) is 0 Å². The highest BCUT2D eigenvalue weighted by atomic mass is 32.1. The number of aliphatic hydroxyl groups excluding tert-OH is 1. The summed E-state index contributed by atoms with van der Waals surface area (Å²) in [5.74, 6) is 0.804. The highest BCUT2D eigenvalue weighted by molar-refractivity contribution is 7.09. The first kappa shape index (κ1) is 13.0. The molecule has 0 radical (unpaired) electrons. The minimum atomic E-state index is -0.0634. The van der Waals surface area contributed by atoms with Gasteiger partial charge in [0.1, 0.15) is 5.01 Å². The normalized spacial score (nSPS) is 29.5. The maximum atomic E-state index is 9.63. The lowest BCUT2D eigenvalue weighted by atomic mass is 9.77. The van der Waals surface area contributed by atoms with Crippen molar-refractivity contribution in [3.8, 4) is 0 Å². The van der Waals surface area contributed by atoms with E-state index in [-0.39, 0.29) is 12.1 Å². The summed E-state index contributed by atoms with van der Waals surface area (Å²) in [6.45, 7) is 5.34. The Balaban J connectivity index is 1.91. The molecule has 1 saturated carbocycles. The summed E-state index contributed by atoms with van der Waals surface area (Å²) in [5, 5.41) is 16.4. The fourth-order valence-corrected chi connectivity index (χ4v) is 3.16. The molecular formula is C13H22N2OS. The van der Waals surface area contributed by atoms with Crippen LogP contribution < -0.4 is 5.32 Å². The van der Waals surface area contributed by atoms with E-state index < -0.39 is 0 Å². The zero-order valence-electron chi connectivity index (χ0n) is 10.7. The molecule has 4 heteroatoms. The van der Waals surface area contributed by atoms with E-state index >= 15 is 0 Å². The lowest BCUT2D eigenvalue weighted by Gasteiger charge is -2.38. The van der Waals surface area contributed by atoms with Crippen molar-refractivity contribution in [2.75, 3.05) is 6.61 Å². The number of aryl methyl sites for hydroxylation is 1. The summed E-state index contributed by atoms with van der Waals surface area (Å²) in [6, 6.07) is 0. The quantitative estimate of drug-likeness (QED) is 0.867. The summed E-state index contributed by atoms with van der Waals surface area (Å²) >= 11 is 1.69. The second kappa shape index (κ2) is 5.46. The van der Waals surface area contributed by atoms with Crippen LogP contribution in [0.4, 0.5) is 0 Å². The second-order valence-corrected chi connectivity index (χ2v) is 6.30. The van der Waals surface area contributed by atoms with Crippen LogP contribution in [-0.4, -0.2) is 22.2 Å². The standard InChI is InChI=1S/C13H22N2OS/c1-10-3-5-13(9-16,6-4-10)14-7-12-15-11(2)8-17-12/h8,10,14,16H,3-7,9H2,1-2H3. The van der Waals surface area contributed by atoms with Gasteiger partial charge in [-0.25, -0.2) is 4.98 Å². The Hall–Kier alpha value is -0.450. The van der Waals surface area contributed by atoms with Gasteiger partial charge in [-0.1, -0.05) is 6.92 Å². The summed E-state index contributed by atoms with van der Waals surface area (Å²) in [7, 11) is 0. The minimum absolute atomic E-state index is 0.0634. The highest BCUT2D eigenvalue weighted by Gasteiger charge is 2.33. The van der Waals surface area contributed by atoms with Crippen LogP contribution >= 0.6 is 11.3 Å². The van der Waals surface area contributed by atoms with E-state index in [9.17, 15) is 5.11 Å². The third-order valence-corrected chi connectivity index (χ3v) is 4.78. The van der Waals surface area contributed by atoms with Gasteiger partial charge in [0.05, 0.1) is 6.61 Å². The molecule has 1 aromatic heterocycles. The predicted octanol–water partition coefficient (Wildman–Crippen LogP) is 2.48. The maximum absolute atomic E-state index is 9.63. The number of rotatable bonds is 4. The molecule has 0 spiro atoms. The van der Waals surface area contributed by atoms with E-state index in [1.807, 2.05) is 6.92 Å². The fraction of sp³-hybridized carbons (Fsp3) is 0.769. The number of hydrogen-bond donors (Lipinski definition) is 2. The van der Waals surface area contributed by atoms with E-state index in [2.05, 4.69) is 22.6 Å². The van der Waals surface area contributed by atoms with E-state index in [1.54, 1.807) is 11.3 Å². The number of nitrogens with zero attached hydrogens (tertiary/aromatic N) is 1. The highest BCUT2D eigenvalue weighted by Crippen LogP contribution is 2.31. The Morgan fingerprint density at radius 2 is 2.24 bits per heavy atom. The molecular weight excluding hydrogens is 232 g/mol. The molecule has 0 bridgehead atoms. The minimum Gasteiger partial charge on any atom is -0.394 e. The molecule has 1 heterocycles. The van der Waals surface area contributed by atoms with Gasteiger partial charge in [-0.3, -0.25) is 0 Å². The predicted molar refractivity (Wildman–Crippen MR) is 71.1 cm³/mol. The number of hydrogen-bond acceptors (Lipinski definition) is 4. The molecule has 2 rings (SSSR count). The van der Waals surface area contributed by atoms with Gasteiger partial charge in [-0.05, 0) is 38.5 Å². The molecule has 3 nitrogen and oxygen atoms in total. The Morgan fingerprint density at radius 1 is 1.53 bits per heavy atom. The average molecular weight is 254 g/mol. The SMILES string of the molecule is Cc1csc(CNC2(CO)CCC(C)CC2)n1. The molecule has 1 aliphatic carbocycles. The van der Waals surface area contributed by atoms with E-state index in [0.29, 0.717) is 0 Å². The van der Waals surface area contributed by atoms with Crippen molar-refractivity contribution in [3.63, 3.8) is 0 Å². The number of aromatic nitrogens is 1. The molecule has 1 aliphatic rings. The molecule has 0 saturated heterocycles. The lowest BCUT2D eigenvalue weighted by molar-refractivity contribution is 0.104. The van der Waals surface area contributed by atoms with E-state index in [0.717, 1.165) is 36.0 Å². The molecule has 1 aromatic rings. The van der Waals surface area contributed by atoms with Crippen molar-refractivity contribution in [3.05, 3.63) is 16.1 Å². The first-order valence-electron chi connectivity index (χ1n) is 6.40. The molecule has 96 valence electrons. The van der Waals surface area contributed by atoms with Gasteiger partial charge in [0.15, 0.2) is 0 Å². The van der Waals surface area contributed by atoms with Crippen LogP contribution in [0, 0.1) is 12.8 Å². The third-order valence-electron chi connectivity index (χ3n) is 3.82. The van der Waals surface area contributed by atoms with E-state index in [4.69, 9.17) is 0 Å². The zero-order chi connectivity index (χ0) is 12.3. The van der Waals surface area contributed by atoms with Crippen molar-refractivity contribution >= 4 is 11.3 Å². The van der Waals surface area contributed by atoms with Crippen LogP contribution in [0.2, 0.25) is 0 Å². The number of aliphatic hydroxyl groups is 1. The fourth-order valence-electron chi connectivity index (χ4n) is 2.45. The summed E-state index contributed by atoms with van der Waals surface area (Å²) in [6.07, 6.45) is 4.58. The van der Waals surface area contributed by atoms with Crippen LogP contribution in [0.3, 0.4) is 0 Å². The molecule has 17 heavy (non-hydrogen) atoms.